The van der Waals surface area contributed by atoms with Gasteiger partial charge >= 0.3 is 6.18 Å². The number of nitrogens with zero attached hydrogens (tertiary/aromatic N) is 3. The van der Waals surface area contributed by atoms with Crippen molar-refractivity contribution >= 4 is 32.5 Å². The molecule has 2 unspecified atom stereocenters. The van der Waals surface area contributed by atoms with Crippen molar-refractivity contribution in [1.29, 1.82) is 0 Å². The molecule has 2 heterocycles. The van der Waals surface area contributed by atoms with Crippen LogP contribution in [-0.4, -0.2) is 81.0 Å². The Morgan fingerprint density at radius 3 is 2.66 bits per heavy atom. The van der Waals surface area contributed by atoms with Crippen molar-refractivity contribution in [2.45, 2.75) is 37.0 Å². The lowest BCUT2D eigenvalue weighted by Gasteiger charge is -2.35. The molecule has 1 aromatic heterocycles. The lowest BCUT2D eigenvalue weighted by atomic mass is 9.93. The van der Waals surface area contributed by atoms with Crippen LogP contribution in [0.1, 0.15) is 29.3 Å². The van der Waals surface area contributed by atoms with Crippen molar-refractivity contribution in [3.63, 3.8) is 0 Å². The molecule has 0 spiro atoms. The number of carbonyl (C=O) groups is 1. The second-order valence-electron chi connectivity index (χ2n) is 10.3. The lowest BCUT2D eigenvalue weighted by molar-refractivity contribution is -0.139. The van der Waals surface area contributed by atoms with Crippen molar-refractivity contribution in [1.82, 2.24) is 19.8 Å². The van der Waals surface area contributed by atoms with E-state index in [2.05, 4.69) is 32.4 Å². The third-order valence-electron chi connectivity index (χ3n) is 6.94. The number of fused-ring (bicyclic) bond motifs is 1. The zero-order chi connectivity index (χ0) is 29.9. The van der Waals surface area contributed by atoms with Crippen LogP contribution in [0.3, 0.4) is 0 Å². The van der Waals surface area contributed by atoms with Gasteiger partial charge in [0.15, 0.2) is 9.84 Å². The SMILES string of the molecule is COc1ccc(S(C)(=O)=O)cc1NCC#Cc1cc(C(=O)NC2CCN(C)CC2C)c2ncn(CC(F)(F)F)c2c1. The van der Waals surface area contributed by atoms with Crippen LogP contribution >= 0.6 is 0 Å². The third kappa shape index (κ3) is 7.51. The van der Waals surface area contributed by atoms with Gasteiger partial charge in [-0.05, 0) is 56.3 Å². The molecule has 2 N–H and O–H groups in total. The van der Waals surface area contributed by atoms with Gasteiger partial charge in [-0.25, -0.2) is 13.4 Å². The van der Waals surface area contributed by atoms with Gasteiger partial charge in [0.25, 0.3) is 5.91 Å². The number of likely N-dealkylation sites (tertiary alicyclic amines) is 1. The number of anilines is 1. The molecule has 4 rings (SSSR count). The molecule has 1 saturated heterocycles. The number of nitrogens with one attached hydrogen (secondary N) is 2. The monoisotopic (exact) mass is 591 g/mol. The van der Waals surface area contributed by atoms with Gasteiger partial charge < -0.3 is 24.8 Å². The Hall–Kier alpha value is -3.76. The van der Waals surface area contributed by atoms with E-state index in [0.29, 0.717) is 17.0 Å². The summed E-state index contributed by atoms with van der Waals surface area (Å²) in [5.41, 5.74) is 1.20. The molecule has 1 aliphatic rings. The lowest BCUT2D eigenvalue weighted by Crippen LogP contribution is -2.48. The van der Waals surface area contributed by atoms with E-state index >= 15 is 0 Å². The molecule has 2 atom stereocenters. The number of piperidine rings is 1. The quantitative estimate of drug-likeness (QED) is 0.405. The molecule has 41 heavy (non-hydrogen) atoms. The molecule has 0 radical (unpaired) electrons. The molecule has 13 heteroatoms. The average molecular weight is 592 g/mol. The van der Waals surface area contributed by atoms with Gasteiger partial charge in [0, 0.05) is 24.4 Å². The number of aromatic nitrogens is 2. The largest absolute Gasteiger partial charge is 0.495 e. The highest BCUT2D eigenvalue weighted by molar-refractivity contribution is 7.90. The van der Waals surface area contributed by atoms with Crippen molar-refractivity contribution in [2.24, 2.45) is 5.92 Å². The van der Waals surface area contributed by atoms with Gasteiger partial charge in [0.05, 0.1) is 41.6 Å². The fraction of sp³-hybridized carbons (Fsp3) is 0.429. The van der Waals surface area contributed by atoms with E-state index < -0.39 is 28.5 Å². The predicted molar refractivity (Wildman–Crippen MR) is 150 cm³/mol. The number of rotatable bonds is 7. The van der Waals surface area contributed by atoms with Gasteiger partial charge in [-0.1, -0.05) is 18.8 Å². The van der Waals surface area contributed by atoms with Crippen LogP contribution in [0.5, 0.6) is 5.75 Å². The van der Waals surface area contributed by atoms with E-state index in [-0.39, 0.29) is 40.0 Å². The molecule has 9 nitrogen and oxygen atoms in total. The molecule has 0 saturated carbocycles. The summed E-state index contributed by atoms with van der Waals surface area (Å²) in [6.45, 7) is 2.49. The van der Waals surface area contributed by atoms with E-state index in [1.807, 2.05) is 14.0 Å². The molecule has 2 aromatic carbocycles. The number of hydrogen-bond acceptors (Lipinski definition) is 7. The number of halogens is 3. The van der Waals surface area contributed by atoms with Crippen LogP contribution in [0, 0.1) is 17.8 Å². The number of benzene rings is 2. The van der Waals surface area contributed by atoms with Crippen LogP contribution in [0.15, 0.2) is 41.6 Å². The van der Waals surface area contributed by atoms with Crippen molar-refractivity contribution in [3.05, 3.63) is 47.8 Å². The summed E-state index contributed by atoms with van der Waals surface area (Å²) in [5.74, 6) is 5.98. The van der Waals surface area contributed by atoms with Gasteiger partial charge in [-0.15, -0.1) is 0 Å². The number of alkyl halides is 3. The summed E-state index contributed by atoms with van der Waals surface area (Å²) in [5, 5.41) is 6.05. The third-order valence-corrected chi connectivity index (χ3v) is 8.05. The van der Waals surface area contributed by atoms with Crippen LogP contribution in [0.25, 0.3) is 11.0 Å². The van der Waals surface area contributed by atoms with E-state index in [1.54, 1.807) is 0 Å². The maximum Gasteiger partial charge on any atom is 0.406 e. The minimum atomic E-state index is -4.48. The summed E-state index contributed by atoms with van der Waals surface area (Å²) >= 11 is 0. The van der Waals surface area contributed by atoms with E-state index in [9.17, 15) is 26.4 Å². The van der Waals surface area contributed by atoms with E-state index in [0.717, 1.165) is 36.7 Å². The van der Waals surface area contributed by atoms with Gasteiger partial charge in [-0.2, -0.15) is 13.2 Å². The molecular weight excluding hydrogens is 559 g/mol. The highest BCUT2D eigenvalue weighted by Gasteiger charge is 2.30. The number of ether oxygens (including phenoxy) is 1. The number of hydrogen-bond donors (Lipinski definition) is 2. The van der Waals surface area contributed by atoms with Crippen LogP contribution in [0.4, 0.5) is 18.9 Å². The predicted octanol–water partition coefficient (Wildman–Crippen LogP) is 3.54. The maximum atomic E-state index is 13.4. The minimum absolute atomic E-state index is 0.0675. The Kier molecular flexibility index (Phi) is 8.84. The molecule has 1 amide bonds. The highest BCUT2D eigenvalue weighted by atomic mass is 32.2. The number of carbonyl (C=O) groups excluding carboxylic acids is 1. The molecular formula is C28H32F3N5O4S. The first-order valence-corrected chi connectivity index (χ1v) is 14.8. The van der Waals surface area contributed by atoms with Gasteiger partial charge in [0.1, 0.15) is 17.8 Å². The summed E-state index contributed by atoms with van der Waals surface area (Å²) in [4.78, 5) is 19.8. The first-order chi connectivity index (χ1) is 19.2. The van der Waals surface area contributed by atoms with Crippen molar-refractivity contribution in [3.8, 4) is 17.6 Å². The Morgan fingerprint density at radius 2 is 2.00 bits per heavy atom. The topological polar surface area (TPSA) is 106 Å². The zero-order valence-corrected chi connectivity index (χ0v) is 24.0. The summed E-state index contributed by atoms with van der Waals surface area (Å²) in [7, 11) is 0.0171. The Bertz CT molecular complexity index is 1610. The molecule has 0 aliphatic carbocycles. The molecule has 220 valence electrons. The minimum Gasteiger partial charge on any atom is -0.495 e. The first-order valence-electron chi connectivity index (χ1n) is 12.9. The number of imidazole rings is 1. The first kappa shape index (κ1) is 30.2. The number of methoxy groups -OCH3 is 1. The Morgan fingerprint density at radius 1 is 1.24 bits per heavy atom. The Labute approximate surface area is 237 Å². The smallest absolute Gasteiger partial charge is 0.406 e. The summed E-state index contributed by atoms with van der Waals surface area (Å²) < 4.78 is 69.9. The van der Waals surface area contributed by atoms with Crippen LogP contribution < -0.4 is 15.4 Å². The second kappa shape index (κ2) is 12.0. The summed E-state index contributed by atoms with van der Waals surface area (Å²) in [6.07, 6.45) is -1.55. The molecule has 1 fully saturated rings. The zero-order valence-electron chi connectivity index (χ0n) is 23.2. The van der Waals surface area contributed by atoms with Crippen LogP contribution in [-0.2, 0) is 16.4 Å². The van der Waals surface area contributed by atoms with Gasteiger partial charge in [0.2, 0.25) is 0 Å². The number of sulfone groups is 1. The van der Waals surface area contributed by atoms with E-state index in [4.69, 9.17) is 4.74 Å². The van der Waals surface area contributed by atoms with Crippen LogP contribution in [0.2, 0.25) is 0 Å². The molecule has 3 aromatic rings. The number of amides is 1. The average Bonchev–Trinajstić information content (AvgIpc) is 3.28. The standard InChI is InChI=1S/C28H32F3N5O4S/c1-18-15-35(2)11-9-22(18)34-27(37)21-12-19(13-24-26(21)33-17-36(24)16-28(29,30)31)6-5-10-32-23-14-20(41(4,38)39)7-8-25(23)40-3/h7-8,12-14,17-18,22,32H,9-11,15-16H2,1-4H3,(H,34,37). The highest BCUT2D eigenvalue weighted by Crippen LogP contribution is 2.28. The molecule has 0 bridgehead atoms. The fourth-order valence-corrected chi connectivity index (χ4v) is 5.53. The normalized spacial score (nSPS) is 18.0. The summed E-state index contributed by atoms with van der Waals surface area (Å²) in [6, 6.07) is 7.31. The van der Waals surface area contributed by atoms with E-state index in [1.165, 1.54) is 37.4 Å². The van der Waals surface area contributed by atoms with Crippen molar-refractivity contribution in [2.75, 3.05) is 45.4 Å². The Balaban J connectivity index is 1.63. The van der Waals surface area contributed by atoms with Crippen molar-refractivity contribution < 1.29 is 31.1 Å². The molecule has 1 aliphatic heterocycles. The second-order valence-corrected chi connectivity index (χ2v) is 12.3. The van der Waals surface area contributed by atoms with Gasteiger partial charge in [-0.3, -0.25) is 4.79 Å². The maximum absolute atomic E-state index is 13.4. The fourth-order valence-electron chi connectivity index (χ4n) is 4.88.